The van der Waals surface area contributed by atoms with Crippen molar-refractivity contribution >= 4 is 64.6 Å². The highest BCUT2D eigenvalue weighted by atomic mass is 32.1. The highest BCUT2D eigenvalue weighted by Gasteiger charge is 2.44. The van der Waals surface area contributed by atoms with Crippen molar-refractivity contribution in [3.8, 4) is 0 Å². The van der Waals surface area contributed by atoms with E-state index in [1.54, 1.807) is 77.9 Å². The zero-order valence-corrected chi connectivity index (χ0v) is 52.5. The van der Waals surface area contributed by atoms with Crippen molar-refractivity contribution in [2.45, 2.75) is 209 Å². The smallest absolute Gasteiger partial charge is 0.408 e. The zero-order chi connectivity index (χ0) is 61.4. The molecule has 3 aromatic rings. The summed E-state index contributed by atoms with van der Waals surface area (Å²) in [6, 6.07) is 12.9. The van der Waals surface area contributed by atoms with Crippen LogP contribution in [0.1, 0.15) is 175 Å². The number of carbonyl (C=O) groups is 8. The SMILES string of the molecule is CC[C@H](C)[C@H](NC(=O)[C@H]1CCCC[N+]1(C)Cc1ccc(NC(=O)C(C)NC(=O)C(NC(=O)OC(C)(C)C)C(C)C)cc1)C(=O)N(C)[C@H](C[C@@H](OC(C)=O)c1nc(C(=O)N[C@@H](Cc2ccccc2)C[C@H](C)C(=O)OC(C)(C)C)cs1)C(C)C. The van der Waals surface area contributed by atoms with Crippen LogP contribution < -0.4 is 26.6 Å². The van der Waals surface area contributed by atoms with Crippen LogP contribution in [0, 0.1) is 23.7 Å². The van der Waals surface area contributed by atoms with Gasteiger partial charge in [-0.25, -0.2) is 9.78 Å². The van der Waals surface area contributed by atoms with Crippen LogP contribution in [0.4, 0.5) is 10.5 Å². The molecule has 2 aromatic carbocycles. The van der Waals surface area contributed by atoms with Gasteiger partial charge in [-0.3, -0.25) is 33.6 Å². The summed E-state index contributed by atoms with van der Waals surface area (Å²) in [6.45, 7) is 28.0. The first-order chi connectivity index (χ1) is 38.2. The van der Waals surface area contributed by atoms with Crippen LogP contribution in [-0.2, 0) is 55.9 Å². The number of anilines is 1. The number of carbonyl (C=O) groups excluding carboxylic acids is 8. The minimum absolute atomic E-state index is 0.127. The first-order valence-electron chi connectivity index (χ1n) is 29.0. The first kappa shape index (κ1) is 68.1. The third-order valence-corrected chi connectivity index (χ3v) is 15.8. The molecular weight excluding hydrogens is 1060 g/mol. The second kappa shape index (κ2) is 30.2. The normalized spacial score (nSPS) is 18.5. The molecule has 0 aliphatic carbocycles. The van der Waals surface area contributed by atoms with Crippen molar-refractivity contribution in [2.75, 3.05) is 26.0 Å². The number of hydrogen-bond acceptors (Lipinski definition) is 13. The summed E-state index contributed by atoms with van der Waals surface area (Å²) in [5.74, 6) is -3.97. The Hall–Kier alpha value is -6.41. The van der Waals surface area contributed by atoms with E-state index in [1.807, 2.05) is 90.9 Å². The van der Waals surface area contributed by atoms with Crippen LogP contribution in [0.15, 0.2) is 60.0 Å². The predicted octanol–water partition coefficient (Wildman–Crippen LogP) is 9.05. The van der Waals surface area contributed by atoms with Crippen LogP contribution in [0.5, 0.6) is 0 Å². The fraction of sp³-hybridized carbons (Fsp3) is 0.629. The highest BCUT2D eigenvalue weighted by Crippen LogP contribution is 2.33. The summed E-state index contributed by atoms with van der Waals surface area (Å²) >= 11 is 1.18. The number of amides is 6. The summed E-state index contributed by atoms with van der Waals surface area (Å²) in [5, 5.41) is 16.5. The van der Waals surface area contributed by atoms with Gasteiger partial charge in [-0.05, 0) is 110 Å². The molecule has 82 heavy (non-hydrogen) atoms. The number of likely N-dealkylation sites (N-methyl/N-ethyl adjacent to an activating group) is 2. The van der Waals surface area contributed by atoms with E-state index in [1.165, 1.54) is 18.3 Å². The number of nitrogens with one attached hydrogen (secondary N) is 5. The van der Waals surface area contributed by atoms with Crippen LogP contribution in [0.25, 0.3) is 0 Å². The number of piperidine rings is 1. The van der Waals surface area contributed by atoms with Gasteiger partial charge in [-0.15, -0.1) is 11.3 Å². The summed E-state index contributed by atoms with van der Waals surface area (Å²) < 4.78 is 17.3. The van der Waals surface area contributed by atoms with E-state index in [-0.39, 0.29) is 47.7 Å². The van der Waals surface area contributed by atoms with Gasteiger partial charge in [0.05, 0.1) is 19.5 Å². The molecule has 1 fully saturated rings. The molecular formula is C62H95N8O11S+. The molecule has 1 aliphatic heterocycles. The lowest BCUT2D eigenvalue weighted by Gasteiger charge is -2.44. The summed E-state index contributed by atoms with van der Waals surface area (Å²) in [4.78, 5) is 115. The lowest BCUT2D eigenvalue weighted by atomic mass is 9.92. The quantitative estimate of drug-likeness (QED) is 0.0287. The number of esters is 2. The molecule has 1 aliphatic rings. The van der Waals surface area contributed by atoms with Crippen molar-refractivity contribution in [1.82, 2.24) is 31.2 Å². The minimum atomic E-state index is -0.926. The third-order valence-electron chi connectivity index (χ3n) is 14.9. The third kappa shape index (κ3) is 21.1. The van der Waals surface area contributed by atoms with Gasteiger partial charge in [0.2, 0.25) is 17.7 Å². The standard InChI is InChI=1S/C62H94N8O11S/c1-18-39(6)52(67-55(74)49-26-22-23-31-70(49,17)35-44-27-29-45(30-28-44)64-53(72)41(8)63-56(75)51(38(4)5)68-60(78)81-62(13,14)15)58(76)69(16)48(37(2)3)34-50(79-42(9)71)57-66-47(36-82-57)54(73)65-46(33-43-24-20-19-21-25-43)32-40(7)59(77)80-61(10,11)12/h19-21,24-25,27-30,36-41,46,48-52H,18,22-23,26,31-35H2,1-17H3,(H4-,63,64,65,67,68,72,73,74,75,78)/p+1/t39-,40-,41?,46+,48+,49+,50+,51?,52-,70?/m0/s1. The molecule has 10 atom stereocenters. The first-order valence-corrected chi connectivity index (χ1v) is 29.9. The lowest BCUT2D eigenvalue weighted by molar-refractivity contribution is -0.942. The molecule has 0 bridgehead atoms. The Labute approximate surface area is 491 Å². The summed E-state index contributed by atoms with van der Waals surface area (Å²) in [5.41, 5.74) is 1.15. The number of hydrogen-bond donors (Lipinski definition) is 5. The molecule has 19 nitrogen and oxygen atoms in total. The zero-order valence-electron chi connectivity index (χ0n) is 51.7. The van der Waals surface area contributed by atoms with Crippen molar-refractivity contribution in [2.24, 2.45) is 23.7 Å². The fourth-order valence-corrected chi connectivity index (χ4v) is 11.0. The van der Waals surface area contributed by atoms with Crippen LogP contribution >= 0.6 is 11.3 Å². The van der Waals surface area contributed by atoms with Gasteiger partial charge in [0.1, 0.15) is 46.6 Å². The molecule has 0 spiro atoms. The molecule has 0 saturated carbocycles. The van der Waals surface area contributed by atoms with E-state index in [0.29, 0.717) is 47.4 Å². The van der Waals surface area contributed by atoms with E-state index < -0.39 is 89.3 Å². The maximum atomic E-state index is 14.9. The Bertz CT molecular complexity index is 2630. The second-order valence-electron chi connectivity index (χ2n) is 25.2. The highest BCUT2D eigenvalue weighted by molar-refractivity contribution is 7.09. The monoisotopic (exact) mass is 1160 g/mol. The van der Waals surface area contributed by atoms with E-state index in [9.17, 15) is 38.4 Å². The van der Waals surface area contributed by atoms with E-state index in [0.717, 1.165) is 30.5 Å². The molecule has 2 heterocycles. The molecule has 454 valence electrons. The number of benzene rings is 2. The molecule has 1 saturated heterocycles. The Morgan fingerprint density at radius 3 is 1.96 bits per heavy atom. The number of rotatable bonds is 26. The average molecular weight is 1160 g/mol. The van der Waals surface area contributed by atoms with Crippen LogP contribution in [0.2, 0.25) is 0 Å². The summed E-state index contributed by atoms with van der Waals surface area (Å²) in [7, 11) is 3.77. The van der Waals surface area contributed by atoms with Crippen molar-refractivity contribution in [3.63, 3.8) is 0 Å². The minimum Gasteiger partial charge on any atom is -0.460 e. The average Bonchev–Trinajstić information content (AvgIpc) is 3.99. The van der Waals surface area contributed by atoms with Crippen LogP contribution in [0.3, 0.4) is 0 Å². The van der Waals surface area contributed by atoms with Gasteiger partial charge in [-0.2, -0.15) is 0 Å². The summed E-state index contributed by atoms with van der Waals surface area (Å²) in [6.07, 6.45) is 2.30. The van der Waals surface area contributed by atoms with E-state index in [4.69, 9.17) is 19.2 Å². The number of nitrogens with zero attached hydrogens (tertiary/aromatic N) is 3. The number of thiazole rings is 1. The topological polar surface area (TPSA) is 241 Å². The lowest BCUT2D eigenvalue weighted by Crippen LogP contribution is -2.63. The molecule has 0 radical (unpaired) electrons. The van der Waals surface area contributed by atoms with Gasteiger partial charge < -0.3 is 50.2 Å². The van der Waals surface area contributed by atoms with Gasteiger partial charge in [0.15, 0.2) is 12.1 Å². The number of aromatic nitrogens is 1. The maximum Gasteiger partial charge on any atom is 0.408 e. The Morgan fingerprint density at radius 1 is 0.756 bits per heavy atom. The molecule has 6 amide bonds. The Morgan fingerprint density at radius 2 is 1.39 bits per heavy atom. The fourth-order valence-electron chi connectivity index (χ4n) is 10.2. The van der Waals surface area contributed by atoms with Crippen molar-refractivity contribution in [1.29, 1.82) is 0 Å². The number of quaternary nitrogens is 1. The molecule has 1 aromatic heterocycles. The molecule has 3 unspecified atom stereocenters. The Kier molecular flexibility index (Phi) is 25.1. The Balaban J connectivity index is 1.46. The van der Waals surface area contributed by atoms with Gasteiger partial charge in [0.25, 0.3) is 11.8 Å². The van der Waals surface area contributed by atoms with Crippen LogP contribution in [-0.4, -0.2) is 130 Å². The maximum absolute atomic E-state index is 14.9. The molecule has 4 rings (SSSR count). The van der Waals surface area contributed by atoms with E-state index in [2.05, 4.69) is 33.6 Å². The van der Waals surface area contributed by atoms with Gasteiger partial charge in [-0.1, -0.05) is 97.4 Å². The molecule has 20 heteroatoms. The number of likely N-dealkylation sites (tertiary alicyclic amines) is 1. The van der Waals surface area contributed by atoms with Gasteiger partial charge >= 0.3 is 18.0 Å². The van der Waals surface area contributed by atoms with Crippen molar-refractivity contribution < 1.29 is 57.0 Å². The predicted molar refractivity (Wildman–Crippen MR) is 318 cm³/mol. The number of ether oxygens (including phenoxy) is 3. The molecule has 5 N–H and O–H groups in total. The second-order valence-corrected chi connectivity index (χ2v) is 26.1. The van der Waals surface area contributed by atoms with Crippen molar-refractivity contribution in [3.05, 3.63) is 81.8 Å². The van der Waals surface area contributed by atoms with Gasteiger partial charge in [0, 0.05) is 55.5 Å². The van der Waals surface area contributed by atoms with E-state index >= 15 is 0 Å². The largest absolute Gasteiger partial charge is 0.460 e. The number of alkyl carbamates (subject to hydrolysis) is 1.